The van der Waals surface area contributed by atoms with Crippen LogP contribution < -0.4 is 5.32 Å². The number of likely N-dealkylation sites (tertiary alicyclic amines) is 1. The molecule has 5 nitrogen and oxygen atoms in total. The fourth-order valence-electron chi connectivity index (χ4n) is 3.24. The van der Waals surface area contributed by atoms with Gasteiger partial charge in [-0.25, -0.2) is 9.78 Å². The smallest absolute Gasteiger partial charge is 0.317 e. The number of nitrogens with zero attached hydrogens (tertiary/aromatic N) is 2. The summed E-state index contributed by atoms with van der Waals surface area (Å²) in [4.78, 5) is 21.8. The molecule has 1 aromatic carbocycles. The summed E-state index contributed by atoms with van der Waals surface area (Å²) < 4.78 is 0. The molecule has 1 atom stereocenters. The van der Waals surface area contributed by atoms with E-state index in [-0.39, 0.29) is 6.03 Å². The van der Waals surface area contributed by atoms with Crippen LogP contribution in [0.2, 0.25) is 0 Å². The molecule has 24 heavy (non-hydrogen) atoms. The van der Waals surface area contributed by atoms with Crippen molar-refractivity contribution in [2.45, 2.75) is 38.5 Å². The number of aryl methyl sites for hydroxylation is 2. The Kier molecular flexibility index (Phi) is 5.51. The third-order valence-corrected chi connectivity index (χ3v) is 4.65. The Balaban J connectivity index is 1.40. The van der Waals surface area contributed by atoms with Gasteiger partial charge in [0, 0.05) is 37.9 Å². The van der Waals surface area contributed by atoms with Gasteiger partial charge in [0.25, 0.3) is 0 Å². The van der Waals surface area contributed by atoms with E-state index in [1.54, 1.807) is 6.20 Å². The second-order valence-corrected chi connectivity index (χ2v) is 6.58. The van der Waals surface area contributed by atoms with Crippen LogP contribution in [0.5, 0.6) is 0 Å². The van der Waals surface area contributed by atoms with Crippen LogP contribution in [0.3, 0.4) is 0 Å². The van der Waals surface area contributed by atoms with Crippen LogP contribution >= 0.6 is 0 Å². The minimum Gasteiger partial charge on any atom is -0.348 e. The van der Waals surface area contributed by atoms with Gasteiger partial charge in [0.15, 0.2) is 0 Å². The maximum absolute atomic E-state index is 12.4. The van der Waals surface area contributed by atoms with E-state index < -0.39 is 0 Å². The van der Waals surface area contributed by atoms with E-state index in [2.05, 4.69) is 46.5 Å². The lowest BCUT2D eigenvalue weighted by molar-refractivity contribution is 0.178. The molecule has 1 aromatic heterocycles. The molecule has 1 fully saturated rings. The molecule has 1 aliphatic heterocycles. The highest BCUT2D eigenvalue weighted by Crippen LogP contribution is 2.24. The number of carbonyl (C=O) groups is 1. The standard InChI is InChI=1S/C19H26N4O/c1-15-6-8-16(9-7-15)4-2-10-22-19(24)23-13-3-5-17(14-23)18-20-11-12-21-18/h6-9,11-12,17H,2-5,10,13-14H2,1H3,(H,20,21)(H,22,24)/t17-/m1/s1. The zero-order valence-corrected chi connectivity index (χ0v) is 14.3. The fraction of sp³-hybridized carbons (Fsp3) is 0.474. The van der Waals surface area contributed by atoms with Crippen LogP contribution in [0.25, 0.3) is 0 Å². The number of aromatic amines is 1. The number of hydrogen-bond donors (Lipinski definition) is 2. The Morgan fingerprint density at radius 3 is 2.96 bits per heavy atom. The largest absolute Gasteiger partial charge is 0.348 e. The number of rotatable bonds is 5. The molecule has 128 valence electrons. The fourth-order valence-corrected chi connectivity index (χ4v) is 3.24. The molecule has 1 aliphatic rings. The summed E-state index contributed by atoms with van der Waals surface area (Å²) in [6.45, 7) is 4.39. The van der Waals surface area contributed by atoms with Crippen molar-refractivity contribution in [1.82, 2.24) is 20.2 Å². The molecule has 3 rings (SSSR count). The average Bonchev–Trinajstić information content (AvgIpc) is 3.15. The number of H-pyrrole nitrogens is 1. The summed E-state index contributed by atoms with van der Waals surface area (Å²) in [5, 5.41) is 3.06. The number of amides is 2. The van der Waals surface area contributed by atoms with Gasteiger partial charge in [-0.1, -0.05) is 29.8 Å². The molecule has 0 radical (unpaired) electrons. The molecule has 2 aromatic rings. The summed E-state index contributed by atoms with van der Waals surface area (Å²) in [6.07, 6.45) is 7.70. The second kappa shape index (κ2) is 7.99. The lowest BCUT2D eigenvalue weighted by Crippen LogP contribution is -2.45. The molecule has 1 saturated heterocycles. The third-order valence-electron chi connectivity index (χ3n) is 4.65. The van der Waals surface area contributed by atoms with Crippen molar-refractivity contribution in [3.05, 3.63) is 53.6 Å². The van der Waals surface area contributed by atoms with Gasteiger partial charge in [-0.05, 0) is 38.2 Å². The summed E-state index contributed by atoms with van der Waals surface area (Å²) in [5.41, 5.74) is 2.61. The summed E-state index contributed by atoms with van der Waals surface area (Å²) in [6, 6.07) is 8.65. The highest BCUT2D eigenvalue weighted by molar-refractivity contribution is 5.74. The van der Waals surface area contributed by atoms with Crippen molar-refractivity contribution in [3.8, 4) is 0 Å². The number of imidazole rings is 1. The molecule has 0 bridgehead atoms. The van der Waals surface area contributed by atoms with Gasteiger partial charge in [-0.15, -0.1) is 0 Å². The highest BCUT2D eigenvalue weighted by atomic mass is 16.2. The molecule has 2 amide bonds. The Morgan fingerprint density at radius 2 is 2.21 bits per heavy atom. The highest BCUT2D eigenvalue weighted by Gasteiger charge is 2.25. The quantitative estimate of drug-likeness (QED) is 0.829. The zero-order chi connectivity index (χ0) is 16.8. The molecule has 0 aliphatic carbocycles. The SMILES string of the molecule is Cc1ccc(CCCNC(=O)N2CCC[C@@H](c3ncc[nH]3)C2)cc1. The van der Waals surface area contributed by atoms with Crippen molar-refractivity contribution >= 4 is 6.03 Å². The lowest BCUT2D eigenvalue weighted by Gasteiger charge is -2.31. The van der Waals surface area contributed by atoms with Gasteiger partial charge in [0.1, 0.15) is 5.82 Å². The van der Waals surface area contributed by atoms with E-state index >= 15 is 0 Å². The van der Waals surface area contributed by atoms with Gasteiger partial charge in [-0.3, -0.25) is 0 Å². The summed E-state index contributed by atoms with van der Waals surface area (Å²) in [7, 11) is 0. The average molecular weight is 326 g/mol. The lowest BCUT2D eigenvalue weighted by atomic mass is 9.98. The van der Waals surface area contributed by atoms with E-state index in [0.29, 0.717) is 12.5 Å². The predicted octanol–water partition coefficient (Wildman–Crippen LogP) is 3.24. The van der Waals surface area contributed by atoms with E-state index in [9.17, 15) is 4.79 Å². The summed E-state index contributed by atoms with van der Waals surface area (Å²) in [5.74, 6) is 1.32. The first-order valence-electron chi connectivity index (χ1n) is 8.80. The molecular weight excluding hydrogens is 300 g/mol. The zero-order valence-electron chi connectivity index (χ0n) is 14.3. The van der Waals surface area contributed by atoms with Crippen molar-refractivity contribution in [1.29, 1.82) is 0 Å². The molecule has 5 heteroatoms. The van der Waals surface area contributed by atoms with E-state index in [4.69, 9.17) is 0 Å². The molecular formula is C19H26N4O. The van der Waals surface area contributed by atoms with Gasteiger partial charge in [-0.2, -0.15) is 0 Å². The minimum atomic E-state index is 0.0511. The van der Waals surface area contributed by atoms with Crippen LogP contribution in [0.1, 0.15) is 42.1 Å². The van der Waals surface area contributed by atoms with Gasteiger partial charge in [0.2, 0.25) is 0 Å². The van der Waals surface area contributed by atoms with Crippen LogP contribution in [-0.4, -0.2) is 40.5 Å². The first kappa shape index (κ1) is 16.6. The van der Waals surface area contributed by atoms with Crippen molar-refractivity contribution < 1.29 is 4.79 Å². The Hall–Kier alpha value is -2.30. The predicted molar refractivity (Wildman–Crippen MR) is 95.0 cm³/mol. The van der Waals surface area contributed by atoms with Gasteiger partial charge < -0.3 is 15.2 Å². The second-order valence-electron chi connectivity index (χ2n) is 6.58. The third kappa shape index (κ3) is 4.37. The normalized spacial score (nSPS) is 17.7. The van der Waals surface area contributed by atoms with Gasteiger partial charge in [0.05, 0.1) is 0 Å². The van der Waals surface area contributed by atoms with Crippen LogP contribution in [0.15, 0.2) is 36.7 Å². The van der Waals surface area contributed by atoms with Crippen molar-refractivity contribution in [2.75, 3.05) is 19.6 Å². The van der Waals surface area contributed by atoms with Crippen LogP contribution in [0.4, 0.5) is 4.79 Å². The van der Waals surface area contributed by atoms with Gasteiger partial charge >= 0.3 is 6.03 Å². The number of benzene rings is 1. The molecule has 2 heterocycles. The Morgan fingerprint density at radius 1 is 1.38 bits per heavy atom. The minimum absolute atomic E-state index is 0.0511. The maximum atomic E-state index is 12.4. The van der Waals surface area contributed by atoms with E-state index in [1.807, 2.05) is 11.1 Å². The maximum Gasteiger partial charge on any atom is 0.317 e. The van der Waals surface area contributed by atoms with E-state index in [0.717, 1.165) is 44.6 Å². The number of urea groups is 1. The monoisotopic (exact) mass is 326 g/mol. The van der Waals surface area contributed by atoms with Crippen LogP contribution in [0, 0.1) is 6.92 Å². The summed E-state index contributed by atoms with van der Waals surface area (Å²) >= 11 is 0. The topological polar surface area (TPSA) is 61.0 Å². The van der Waals surface area contributed by atoms with Crippen LogP contribution in [-0.2, 0) is 6.42 Å². The molecule has 0 spiro atoms. The Labute approximate surface area is 143 Å². The first-order chi connectivity index (χ1) is 11.7. The number of carbonyl (C=O) groups excluding carboxylic acids is 1. The number of hydrogen-bond acceptors (Lipinski definition) is 2. The number of nitrogens with one attached hydrogen (secondary N) is 2. The first-order valence-corrected chi connectivity index (χ1v) is 8.80. The van der Waals surface area contributed by atoms with E-state index in [1.165, 1.54) is 11.1 Å². The number of piperidine rings is 1. The molecule has 0 unspecified atom stereocenters. The molecule has 2 N–H and O–H groups in total. The Bertz CT molecular complexity index is 636. The van der Waals surface area contributed by atoms with Crippen molar-refractivity contribution in [2.24, 2.45) is 0 Å². The number of aromatic nitrogens is 2. The van der Waals surface area contributed by atoms with Crippen molar-refractivity contribution in [3.63, 3.8) is 0 Å². The molecule has 0 saturated carbocycles.